The predicted octanol–water partition coefficient (Wildman–Crippen LogP) is 10.8. The van der Waals surface area contributed by atoms with E-state index in [4.69, 9.17) is 21.1 Å². The number of carbonyl (C=O) groups is 5. The minimum Gasteiger partial charge on any atom is -0.448 e. The summed E-state index contributed by atoms with van der Waals surface area (Å²) in [6.45, 7) is 17.1. The van der Waals surface area contributed by atoms with Gasteiger partial charge in [-0.1, -0.05) is 110 Å². The molecule has 5 aliphatic rings. The lowest BCUT2D eigenvalue weighted by atomic mass is 9.95. The molecule has 0 bridgehead atoms. The van der Waals surface area contributed by atoms with Crippen molar-refractivity contribution in [1.29, 1.82) is 0 Å². The van der Waals surface area contributed by atoms with Gasteiger partial charge in [0, 0.05) is 107 Å². The van der Waals surface area contributed by atoms with Crippen molar-refractivity contribution in [2.24, 2.45) is 5.92 Å². The van der Waals surface area contributed by atoms with Gasteiger partial charge in [0.15, 0.2) is 5.69 Å². The van der Waals surface area contributed by atoms with Crippen LogP contribution < -0.4 is 10.2 Å². The van der Waals surface area contributed by atoms with Crippen LogP contribution in [0.25, 0.3) is 22.3 Å². The molecule has 4 aromatic carbocycles. The van der Waals surface area contributed by atoms with Gasteiger partial charge < -0.3 is 34.2 Å². The maximum atomic E-state index is 15.0. The number of amides is 4. The number of likely N-dealkylation sites (tertiary alicyclic amines) is 1. The molecule has 3 atom stereocenters. The van der Waals surface area contributed by atoms with Crippen molar-refractivity contribution in [3.63, 3.8) is 0 Å². The van der Waals surface area contributed by atoms with E-state index >= 15 is 4.79 Å². The number of fused-ring (bicyclic) bond motifs is 4. The Morgan fingerprint density at radius 1 is 0.775 bits per heavy atom. The van der Waals surface area contributed by atoms with Crippen molar-refractivity contribution < 1.29 is 38.6 Å². The topological polar surface area (TPSA) is 194 Å². The summed E-state index contributed by atoms with van der Waals surface area (Å²) >= 11 is 6.43. The highest BCUT2D eigenvalue weighted by atomic mass is 35.5. The van der Waals surface area contributed by atoms with Gasteiger partial charge in [-0.2, -0.15) is 0 Å². The van der Waals surface area contributed by atoms with Crippen LogP contribution in [0.3, 0.4) is 0 Å². The SMILES string of the molecule is CCc1cccc(-c2cnc(C(=O)N3CCN(CC4CCN(CC(=O)CCCN(C[C@@H](C(=O)N5CCN(c6ncnc7c6[C@H](C)C[C@H]7O)CC5)c5ccc(Cl)cc5)C(=O)OCC5c6ccccc6-c6ccccc65)CC4)CC3)c(NC(=O)OC(C)(C)C)c2)c1. The second kappa shape index (κ2) is 28.0. The molecule has 2 aromatic heterocycles. The maximum Gasteiger partial charge on any atom is 0.412 e. The minimum atomic E-state index is -0.751. The second-order valence-electron chi connectivity index (χ2n) is 25.6. The van der Waals surface area contributed by atoms with Gasteiger partial charge in [0.05, 0.1) is 29.9 Å². The molecule has 3 fully saturated rings. The fraction of sp³-hybridized carbons (Fsp3) is 0.457. The lowest BCUT2D eigenvalue weighted by Crippen LogP contribution is -2.52. The molecule has 468 valence electrons. The molecule has 2 N–H and O–H groups in total. The molecule has 11 rings (SSSR count). The van der Waals surface area contributed by atoms with Gasteiger partial charge in [-0.15, -0.1) is 0 Å². The van der Waals surface area contributed by atoms with Crippen LogP contribution in [-0.2, 0) is 25.5 Å². The molecule has 0 spiro atoms. The average molecular weight is 1230 g/mol. The highest BCUT2D eigenvalue weighted by Gasteiger charge is 2.38. The number of anilines is 2. The normalized spacial score (nSPS) is 18.4. The number of aryl methyl sites for hydroxylation is 1. The highest BCUT2D eigenvalue weighted by molar-refractivity contribution is 6.30. The molecule has 6 aromatic rings. The summed E-state index contributed by atoms with van der Waals surface area (Å²) in [5.41, 5.74) is 9.44. The lowest BCUT2D eigenvalue weighted by molar-refractivity contribution is -0.133. The fourth-order valence-corrected chi connectivity index (χ4v) is 13.7. The number of piperazine rings is 2. The molecule has 89 heavy (non-hydrogen) atoms. The number of nitrogens with zero attached hydrogens (tertiary/aromatic N) is 9. The zero-order chi connectivity index (χ0) is 62.3. The number of Topliss-reactive ketones (excluding diaryl/α,β-unsaturated/α-hetero) is 1. The van der Waals surface area contributed by atoms with Gasteiger partial charge in [0.25, 0.3) is 5.91 Å². The molecule has 0 unspecified atom stereocenters. The van der Waals surface area contributed by atoms with E-state index in [9.17, 15) is 24.3 Å². The van der Waals surface area contributed by atoms with E-state index < -0.39 is 29.8 Å². The summed E-state index contributed by atoms with van der Waals surface area (Å²) in [5, 5.41) is 14.1. The van der Waals surface area contributed by atoms with Crippen LogP contribution in [0, 0.1) is 5.92 Å². The van der Waals surface area contributed by atoms with Gasteiger partial charge in [0.2, 0.25) is 5.91 Å². The van der Waals surface area contributed by atoms with Gasteiger partial charge in [0.1, 0.15) is 30.1 Å². The van der Waals surface area contributed by atoms with Crippen molar-refractivity contribution in [3.8, 4) is 22.3 Å². The molecule has 2 aliphatic carbocycles. The number of aromatic nitrogens is 3. The second-order valence-corrected chi connectivity index (χ2v) is 26.0. The van der Waals surface area contributed by atoms with Gasteiger partial charge in [-0.3, -0.25) is 29.5 Å². The third kappa shape index (κ3) is 14.9. The van der Waals surface area contributed by atoms with E-state index in [0.717, 1.165) is 89.2 Å². The zero-order valence-electron chi connectivity index (χ0n) is 51.9. The smallest absolute Gasteiger partial charge is 0.412 e. The summed E-state index contributed by atoms with van der Waals surface area (Å²) in [6.07, 6.45) is 5.38. The van der Waals surface area contributed by atoms with Crippen LogP contribution in [0.2, 0.25) is 5.02 Å². The number of hydrogen-bond donors (Lipinski definition) is 2. The molecule has 0 saturated carbocycles. The molecule has 3 saturated heterocycles. The van der Waals surface area contributed by atoms with Gasteiger partial charge in [-0.05, 0) is 135 Å². The fourth-order valence-electron chi connectivity index (χ4n) is 13.5. The number of piperidine rings is 1. The number of nitrogens with one attached hydrogen (secondary N) is 1. The minimum absolute atomic E-state index is 0.0352. The number of rotatable bonds is 19. The van der Waals surface area contributed by atoms with E-state index in [1.807, 2.05) is 58.3 Å². The van der Waals surface area contributed by atoms with E-state index in [2.05, 4.69) is 85.2 Å². The maximum absolute atomic E-state index is 15.0. The third-order valence-electron chi connectivity index (χ3n) is 18.3. The van der Waals surface area contributed by atoms with Gasteiger partial charge >= 0.3 is 12.2 Å². The summed E-state index contributed by atoms with van der Waals surface area (Å²) in [5.74, 6) is 0.165. The van der Waals surface area contributed by atoms with Crippen molar-refractivity contribution in [3.05, 3.63) is 160 Å². The first-order chi connectivity index (χ1) is 43.0. The van der Waals surface area contributed by atoms with Crippen molar-refractivity contribution in [2.45, 2.75) is 103 Å². The van der Waals surface area contributed by atoms with Crippen LogP contribution in [0.5, 0.6) is 0 Å². The number of aliphatic hydroxyl groups excluding tert-OH is 1. The molecular formula is C70H83ClN10O8. The molecule has 5 heterocycles. The first kappa shape index (κ1) is 62.8. The summed E-state index contributed by atoms with van der Waals surface area (Å²) in [4.78, 5) is 96.6. The third-order valence-corrected chi connectivity index (χ3v) is 18.6. The largest absolute Gasteiger partial charge is 0.448 e. The van der Waals surface area contributed by atoms with Crippen molar-refractivity contribution in [2.75, 3.05) is 108 Å². The van der Waals surface area contributed by atoms with E-state index in [1.165, 1.54) is 11.9 Å². The van der Waals surface area contributed by atoms with Crippen LogP contribution in [0.4, 0.5) is 21.1 Å². The molecule has 3 aliphatic heterocycles. The van der Waals surface area contributed by atoms with E-state index in [-0.39, 0.29) is 61.2 Å². The standard InChI is InChI=1S/C70H83ClN10O8/c1-6-47-13-11-14-50(38-47)51-39-60(75-68(86)89-70(3,4)5)63(72-40-51)67(85)80-31-29-77(30-32-80)41-48-24-27-76(28-25-48)42-53(82)15-12-26-81(69(87)88-44-59-56-18-9-7-16-54(56)55-17-8-10-19-57(55)59)43-58(49-20-22-52(71)23-21-49)66(84)79-35-33-78(34-36-79)65-62-46(2)37-61(83)64(62)73-45-74-65/h7-11,13-14,16-23,38-40,45-46,48,58-59,61,83H,6,12,15,24-37,41-44H2,1-5H3,(H,75,86)/t46-,58-,61-/m1/s1. The molecular weight excluding hydrogens is 1140 g/mol. The Morgan fingerprint density at radius 3 is 2.15 bits per heavy atom. The van der Waals surface area contributed by atoms with Crippen LogP contribution in [0.15, 0.2) is 116 Å². The van der Waals surface area contributed by atoms with Crippen LogP contribution >= 0.6 is 11.6 Å². The Balaban J connectivity index is 0.697. The molecule has 0 radical (unpaired) electrons. The number of ketones is 1. The number of ether oxygens (including phenoxy) is 2. The Kier molecular flexibility index (Phi) is 19.7. The van der Waals surface area contributed by atoms with Gasteiger partial charge in [-0.25, -0.2) is 24.5 Å². The lowest BCUT2D eigenvalue weighted by Gasteiger charge is -2.39. The molecule has 19 heteroatoms. The van der Waals surface area contributed by atoms with Crippen LogP contribution in [-0.4, -0.2) is 178 Å². The Bertz CT molecular complexity index is 3470. The Hall–Kier alpha value is -7.77. The average Bonchev–Trinajstić information content (AvgIpc) is 3.23. The van der Waals surface area contributed by atoms with Crippen LogP contribution in [0.1, 0.15) is 135 Å². The first-order valence-electron chi connectivity index (χ1n) is 31.7. The highest BCUT2D eigenvalue weighted by Crippen LogP contribution is 2.45. The number of pyridine rings is 1. The number of halogens is 1. The molecule has 4 amide bonds. The summed E-state index contributed by atoms with van der Waals surface area (Å²) in [6, 6.07) is 33.6. The zero-order valence-corrected chi connectivity index (χ0v) is 52.7. The summed E-state index contributed by atoms with van der Waals surface area (Å²) < 4.78 is 11.9. The summed E-state index contributed by atoms with van der Waals surface area (Å²) in [7, 11) is 0. The Labute approximate surface area is 527 Å². The van der Waals surface area contributed by atoms with Crippen molar-refractivity contribution >= 4 is 52.9 Å². The Morgan fingerprint density at radius 2 is 1.46 bits per heavy atom. The first-order valence-corrected chi connectivity index (χ1v) is 32.1. The molecule has 18 nitrogen and oxygen atoms in total. The number of aliphatic hydroxyl groups is 1. The van der Waals surface area contributed by atoms with E-state index in [0.29, 0.717) is 94.1 Å². The number of hydrogen-bond acceptors (Lipinski definition) is 14. The number of benzene rings is 4. The van der Waals surface area contributed by atoms with Crippen molar-refractivity contribution in [1.82, 2.24) is 39.5 Å². The van der Waals surface area contributed by atoms with E-state index in [1.54, 1.807) is 50.1 Å². The number of carbonyl (C=O) groups excluding carboxylic acids is 5. The monoisotopic (exact) mass is 1230 g/mol. The predicted molar refractivity (Wildman–Crippen MR) is 344 cm³/mol. The quantitative estimate of drug-likeness (QED) is 0.0778.